The molecule has 1 heterocycles. The Balaban J connectivity index is 1.36. The van der Waals surface area contributed by atoms with Gasteiger partial charge in [-0.2, -0.15) is 0 Å². The number of nitrogens with one attached hydrogen (secondary N) is 1. The summed E-state index contributed by atoms with van der Waals surface area (Å²) >= 11 is 0. The largest absolute Gasteiger partial charge is 0.455 e. The molecule has 17 nitrogen and oxygen atoms in total. The average Bonchev–Trinajstić information content (AvgIpc) is 4.02. The van der Waals surface area contributed by atoms with Crippen molar-refractivity contribution < 1.29 is 76.6 Å². The fourth-order valence-corrected chi connectivity index (χ4v) is 11.8. The number of aliphatic hydroxyl groups is 1. The Bertz CT molecular complexity index is 2360. The Labute approximate surface area is 408 Å². The van der Waals surface area contributed by atoms with Crippen molar-refractivity contribution in [3.05, 3.63) is 82.9 Å². The van der Waals surface area contributed by atoms with Crippen LogP contribution in [0.5, 0.6) is 0 Å². The standard InChI is InChI=1S/C53H67NO16/c1-10-21-63-22-23-64-28-40(58)68-44(42(34-19-15-12-16-20-34)54-48(61)70-49(5,6)7)47(60)67-38-27-53(62)36(25-37(57)33-17-13-11-14-18-33)45-51(26-35(51)24-39-52(45,29-65-39)69-32(4)56)46(59)43(66-31(3)55)41(30(38)2)50(53,8)9/h11-20,35-36,38-39,42-45,62H,10,21-29H2,1-9H3,(H,54,61)/t35-,36+,38+,39-,42+,43-,44-,45+,51-,52+,53-/m1/s1. The predicted molar refractivity (Wildman–Crippen MR) is 249 cm³/mol. The van der Waals surface area contributed by atoms with E-state index in [0.717, 1.165) is 6.42 Å². The fourth-order valence-electron chi connectivity index (χ4n) is 11.8. The molecular formula is C53H67NO16. The summed E-state index contributed by atoms with van der Waals surface area (Å²) in [5, 5.41) is 16.7. The van der Waals surface area contributed by atoms with Crippen molar-refractivity contribution in [1.29, 1.82) is 0 Å². The van der Waals surface area contributed by atoms with Crippen LogP contribution in [-0.2, 0) is 61.9 Å². The lowest BCUT2D eigenvalue weighted by atomic mass is 9.45. The Kier molecular flexibility index (Phi) is 15.2. The van der Waals surface area contributed by atoms with Gasteiger partial charge in [0.15, 0.2) is 23.3 Å². The van der Waals surface area contributed by atoms with Gasteiger partial charge in [0.25, 0.3) is 0 Å². The zero-order valence-corrected chi connectivity index (χ0v) is 41.5. The van der Waals surface area contributed by atoms with Gasteiger partial charge >= 0.3 is 30.0 Å². The molecular weight excluding hydrogens is 907 g/mol. The highest BCUT2D eigenvalue weighted by molar-refractivity contribution is 5.99. The molecule has 70 heavy (non-hydrogen) atoms. The summed E-state index contributed by atoms with van der Waals surface area (Å²) in [5.74, 6) is -6.98. The zero-order valence-electron chi connectivity index (χ0n) is 41.5. The molecule has 1 saturated heterocycles. The van der Waals surface area contributed by atoms with Gasteiger partial charge in [-0.15, -0.1) is 0 Å². The van der Waals surface area contributed by atoms with Crippen molar-refractivity contribution in [3.63, 3.8) is 0 Å². The molecule has 2 bridgehead atoms. The molecule has 380 valence electrons. The van der Waals surface area contributed by atoms with E-state index < -0.39 is 112 Å². The number of rotatable bonds is 18. The lowest BCUT2D eigenvalue weighted by Crippen LogP contribution is -2.76. The van der Waals surface area contributed by atoms with E-state index in [2.05, 4.69) is 5.32 Å². The molecule has 2 aromatic rings. The minimum Gasteiger partial charge on any atom is -0.455 e. The summed E-state index contributed by atoms with van der Waals surface area (Å²) < 4.78 is 47.3. The Hall–Kier alpha value is -5.49. The third kappa shape index (κ3) is 10.0. The number of carbonyl (C=O) groups is 7. The van der Waals surface area contributed by atoms with E-state index >= 15 is 9.59 Å². The van der Waals surface area contributed by atoms with E-state index in [1.807, 2.05) is 6.92 Å². The van der Waals surface area contributed by atoms with Crippen LogP contribution < -0.4 is 5.32 Å². The van der Waals surface area contributed by atoms with Gasteiger partial charge in [-0.3, -0.25) is 19.2 Å². The lowest BCUT2D eigenvalue weighted by Gasteiger charge is -2.65. The zero-order chi connectivity index (χ0) is 51.0. The number of hydrogen-bond acceptors (Lipinski definition) is 16. The highest BCUT2D eigenvalue weighted by Crippen LogP contribution is 2.76. The second-order valence-corrected chi connectivity index (χ2v) is 20.8. The first kappa shape index (κ1) is 52.3. The maximum Gasteiger partial charge on any atom is 0.408 e. The molecule has 1 amide bonds. The van der Waals surface area contributed by atoms with E-state index in [1.165, 1.54) is 13.8 Å². The number of benzene rings is 2. The summed E-state index contributed by atoms with van der Waals surface area (Å²) in [6, 6.07) is 15.3. The monoisotopic (exact) mass is 973 g/mol. The first-order valence-corrected chi connectivity index (χ1v) is 24.1. The maximum absolute atomic E-state index is 15.7. The molecule has 11 atom stereocenters. The minimum atomic E-state index is -2.10. The van der Waals surface area contributed by atoms with Crippen molar-refractivity contribution in [2.24, 2.45) is 28.6 Å². The van der Waals surface area contributed by atoms with Crippen LogP contribution in [0.2, 0.25) is 0 Å². The molecule has 1 aliphatic heterocycles. The van der Waals surface area contributed by atoms with E-state index in [1.54, 1.807) is 102 Å². The van der Waals surface area contributed by atoms with Gasteiger partial charge in [-0.25, -0.2) is 14.4 Å². The first-order chi connectivity index (χ1) is 33.0. The van der Waals surface area contributed by atoms with Crippen molar-refractivity contribution in [3.8, 4) is 0 Å². The molecule has 0 unspecified atom stereocenters. The number of fused-ring (bicyclic) bond motifs is 4. The Morgan fingerprint density at radius 1 is 0.886 bits per heavy atom. The second kappa shape index (κ2) is 20.3. The molecule has 0 aromatic heterocycles. The van der Waals surface area contributed by atoms with E-state index in [-0.39, 0.29) is 55.5 Å². The quantitative estimate of drug-likeness (QED) is 0.0564. The van der Waals surface area contributed by atoms with Gasteiger partial charge in [0, 0.05) is 61.5 Å². The van der Waals surface area contributed by atoms with Crippen LogP contribution in [0, 0.1) is 28.6 Å². The van der Waals surface area contributed by atoms with Gasteiger partial charge in [-0.05, 0) is 69.6 Å². The average molecular weight is 974 g/mol. The van der Waals surface area contributed by atoms with Crippen LogP contribution in [0.15, 0.2) is 71.8 Å². The van der Waals surface area contributed by atoms with Crippen LogP contribution in [0.1, 0.15) is 116 Å². The Morgan fingerprint density at radius 2 is 1.54 bits per heavy atom. The number of amides is 1. The molecule has 0 radical (unpaired) electrons. The maximum atomic E-state index is 15.7. The third-order valence-corrected chi connectivity index (χ3v) is 14.9. The highest BCUT2D eigenvalue weighted by atomic mass is 16.6. The van der Waals surface area contributed by atoms with Crippen molar-refractivity contribution in [2.45, 2.75) is 142 Å². The number of hydrogen-bond donors (Lipinski definition) is 2. The number of ketones is 2. The molecule has 2 N–H and O–H groups in total. The molecule has 7 rings (SSSR count). The highest BCUT2D eigenvalue weighted by Gasteiger charge is 2.83. The van der Waals surface area contributed by atoms with Crippen LogP contribution in [0.25, 0.3) is 0 Å². The van der Waals surface area contributed by atoms with Gasteiger partial charge in [0.2, 0.25) is 6.10 Å². The van der Waals surface area contributed by atoms with Gasteiger partial charge < -0.3 is 48.3 Å². The SMILES string of the molecule is CCCOCCOCC(=O)O[C@@H](C(=O)O[C@H]1C[C@@]2(O)[C@@H](CC(=O)c3ccccc3)[C@@H]3[C@]4(OC(C)=O)CO[C@@H]4C[C@@H]4C[C@@]43C(=O)[C@H](OC(C)=O)C(=C1C)C2(C)C)[C@@H](NC(=O)OC(C)(C)C)c1ccccc1. The Morgan fingerprint density at radius 3 is 2.14 bits per heavy atom. The molecule has 5 aliphatic rings. The fraction of sp³-hybridized carbons (Fsp3) is 0.604. The second-order valence-electron chi connectivity index (χ2n) is 20.8. The number of ether oxygens (including phenoxy) is 8. The molecule has 1 spiro atoms. The first-order valence-electron chi connectivity index (χ1n) is 24.1. The van der Waals surface area contributed by atoms with Crippen LogP contribution in [-0.4, -0.2) is 121 Å². The molecule has 4 aliphatic carbocycles. The van der Waals surface area contributed by atoms with Gasteiger partial charge in [0.05, 0.1) is 25.4 Å². The van der Waals surface area contributed by atoms with Gasteiger partial charge in [-0.1, -0.05) is 81.4 Å². The van der Waals surface area contributed by atoms with Crippen LogP contribution in [0.4, 0.5) is 4.79 Å². The molecule has 17 heteroatoms. The summed E-state index contributed by atoms with van der Waals surface area (Å²) in [5.41, 5.74) is -6.26. The molecule has 2 aromatic carbocycles. The van der Waals surface area contributed by atoms with E-state index in [4.69, 9.17) is 37.9 Å². The van der Waals surface area contributed by atoms with E-state index in [9.17, 15) is 29.1 Å². The van der Waals surface area contributed by atoms with Crippen molar-refractivity contribution in [2.75, 3.05) is 33.0 Å². The number of carbonyl (C=O) groups excluding carboxylic acids is 7. The lowest BCUT2D eigenvalue weighted by molar-refractivity contribution is -0.316. The van der Waals surface area contributed by atoms with Crippen LogP contribution >= 0.6 is 0 Å². The summed E-state index contributed by atoms with van der Waals surface area (Å²) in [6.45, 7) is 14.3. The van der Waals surface area contributed by atoms with Crippen molar-refractivity contribution in [1.82, 2.24) is 5.32 Å². The van der Waals surface area contributed by atoms with E-state index in [0.29, 0.717) is 30.6 Å². The number of alkyl carbamates (subject to hydrolysis) is 1. The minimum absolute atomic E-state index is 0.0382. The summed E-state index contributed by atoms with van der Waals surface area (Å²) in [4.78, 5) is 99.1. The normalized spacial score (nSPS) is 30.2. The third-order valence-electron chi connectivity index (χ3n) is 14.9. The van der Waals surface area contributed by atoms with Crippen LogP contribution in [0.3, 0.4) is 0 Å². The molecule has 3 saturated carbocycles. The summed E-state index contributed by atoms with van der Waals surface area (Å²) in [6.07, 6.45) is -5.87. The van der Waals surface area contributed by atoms with Gasteiger partial charge in [0.1, 0.15) is 30.5 Å². The topological polar surface area (TPSA) is 226 Å². The summed E-state index contributed by atoms with van der Waals surface area (Å²) in [7, 11) is 0. The molecule has 4 fully saturated rings. The number of Topliss-reactive ketones (excluding diaryl/α,β-unsaturated/α-hetero) is 2. The van der Waals surface area contributed by atoms with Crippen molar-refractivity contribution >= 4 is 41.5 Å². The number of esters is 4. The predicted octanol–water partition coefficient (Wildman–Crippen LogP) is 6.13. The smallest absolute Gasteiger partial charge is 0.408 e.